The topological polar surface area (TPSA) is 48.5 Å². The molecule has 0 radical (unpaired) electrons. The van der Waals surface area contributed by atoms with Gasteiger partial charge < -0.3 is 4.57 Å². The molecular weight excluding hydrogens is 262 g/mol. The van der Waals surface area contributed by atoms with Crippen molar-refractivity contribution in [1.29, 1.82) is 0 Å². The van der Waals surface area contributed by atoms with Gasteiger partial charge in [-0.3, -0.25) is 4.98 Å². The molecule has 0 saturated heterocycles. The van der Waals surface area contributed by atoms with Crippen LogP contribution in [0.25, 0.3) is 17.1 Å². The van der Waals surface area contributed by atoms with Gasteiger partial charge in [-0.05, 0) is 45.9 Å². The molecule has 3 aromatic rings. The van der Waals surface area contributed by atoms with Crippen molar-refractivity contribution in [2.75, 3.05) is 0 Å². The molecule has 0 amide bonds. The maximum atomic E-state index is 4.57. The molecule has 0 spiro atoms. The lowest BCUT2D eigenvalue weighted by Gasteiger charge is -2.20. The number of rotatable bonds is 2. The largest absolute Gasteiger partial charge is 0.348 e. The van der Waals surface area contributed by atoms with Crippen molar-refractivity contribution >= 4 is 0 Å². The van der Waals surface area contributed by atoms with Gasteiger partial charge in [-0.1, -0.05) is 0 Å². The lowest BCUT2D eigenvalue weighted by atomic mass is 10.1. The predicted octanol–water partition coefficient (Wildman–Crippen LogP) is 3.19. The van der Waals surface area contributed by atoms with Crippen molar-refractivity contribution in [1.82, 2.24) is 24.3 Å². The van der Waals surface area contributed by atoms with Crippen LogP contribution in [0.5, 0.6) is 0 Å². The number of aryl methyl sites for hydroxylation is 1. The zero-order chi connectivity index (χ0) is 15.0. The van der Waals surface area contributed by atoms with Crippen LogP contribution >= 0.6 is 0 Å². The third kappa shape index (κ3) is 2.59. The fourth-order valence-electron chi connectivity index (χ4n) is 2.21. The second-order valence-electron chi connectivity index (χ2n) is 6.08. The van der Waals surface area contributed by atoms with Gasteiger partial charge in [-0.2, -0.15) is 5.10 Å². The molecule has 5 heteroatoms. The van der Waals surface area contributed by atoms with Crippen molar-refractivity contribution in [3.05, 3.63) is 48.8 Å². The van der Waals surface area contributed by atoms with Gasteiger partial charge in [-0.15, -0.1) is 0 Å². The summed E-state index contributed by atoms with van der Waals surface area (Å²) in [6.07, 6.45) is 7.71. The monoisotopic (exact) mass is 281 g/mol. The van der Waals surface area contributed by atoms with Gasteiger partial charge in [0.25, 0.3) is 0 Å². The Hall–Kier alpha value is -2.43. The molecular formula is C16H19N5. The first-order chi connectivity index (χ1) is 9.95. The first kappa shape index (κ1) is 13.5. The first-order valence-corrected chi connectivity index (χ1v) is 6.98. The average Bonchev–Trinajstić information content (AvgIpc) is 3.05. The maximum absolute atomic E-state index is 4.57. The van der Waals surface area contributed by atoms with Crippen LogP contribution in [0.2, 0.25) is 0 Å². The highest BCUT2D eigenvalue weighted by Gasteiger charge is 2.16. The second kappa shape index (κ2) is 4.84. The molecule has 0 aliphatic carbocycles. The SMILES string of the molecule is Cc1nc(-c2ccn(C(C)(C)C)c2)n(-c2ccncc2)n1. The Kier molecular flexibility index (Phi) is 3.12. The average molecular weight is 281 g/mol. The molecule has 0 unspecified atom stereocenters. The predicted molar refractivity (Wildman–Crippen MR) is 82.3 cm³/mol. The lowest BCUT2D eigenvalue weighted by Crippen LogP contribution is -2.19. The van der Waals surface area contributed by atoms with Crippen LogP contribution in [0.3, 0.4) is 0 Å². The second-order valence-corrected chi connectivity index (χ2v) is 6.08. The Morgan fingerprint density at radius 1 is 1.05 bits per heavy atom. The summed E-state index contributed by atoms with van der Waals surface area (Å²) < 4.78 is 4.04. The van der Waals surface area contributed by atoms with E-state index in [0.717, 1.165) is 22.9 Å². The van der Waals surface area contributed by atoms with Crippen molar-refractivity contribution in [3.8, 4) is 17.1 Å². The van der Waals surface area contributed by atoms with E-state index in [4.69, 9.17) is 0 Å². The van der Waals surface area contributed by atoms with Crippen LogP contribution < -0.4 is 0 Å². The van der Waals surface area contributed by atoms with E-state index >= 15 is 0 Å². The molecule has 5 nitrogen and oxygen atoms in total. The molecule has 0 atom stereocenters. The lowest BCUT2D eigenvalue weighted by molar-refractivity contribution is 0.398. The molecule has 0 bridgehead atoms. The minimum absolute atomic E-state index is 0.0504. The summed E-state index contributed by atoms with van der Waals surface area (Å²) in [5.41, 5.74) is 2.07. The van der Waals surface area contributed by atoms with Crippen LogP contribution in [0.4, 0.5) is 0 Å². The number of nitrogens with zero attached hydrogens (tertiary/aromatic N) is 5. The van der Waals surface area contributed by atoms with Gasteiger partial charge in [0.05, 0.1) is 5.69 Å². The molecule has 3 rings (SSSR count). The van der Waals surface area contributed by atoms with Crippen LogP contribution in [0, 0.1) is 6.92 Å². The summed E-state index contributed by atoms with van der Waals surface area (Å²) in [4.78, 5) is 8.62. The van der Waals surface area contributed by atoms with E-state index in [0.29, 0.717) is 0 Å². The summed E-state index contributed by atoms with van der Waals surface area (Å²) in [5, 5.41) is 4.50. The van der Waals surface area contributed by atoms with E-state index in [-0.39, 0.29) is 5.54 Å². The van der Waals surface area contributed by atoms with Gasteiger partial charge in [0, 0.05) is 35.9 Å². The van der Waals surface area contributed by atoms with Gasteiger partial charge in [0.2, 0.25) is 0 Å². The van der Waals surface area contributed by atoms with Crippen molar-refractivity contribution in [2.24, 2.45) is 0 Å². The molecule has 3 heterocycles. The van der Waals surface area contributed by atoms with Crippen molar-refractivity contribution < 1.29 is 0 Å². The third-order valence-corrected chi connectivity index (χ3v) is 3.35. The Balaban J connectivity index is 2.10. The van der Waals surface area contributed by atoms with E-state index in [1.165, 1.54) is 0 Å². The normalized spacial score (nSPS) is 11.8. The van der Waals surface area contributed by atoms with Crippen molar-refractivity contribution in [3.63, 3.8) is 0 Å². The molecule has 0 aromatic carbocycles. The molecule has 0 fully saturated rings. The standard InChI is InChI=1S/C16H19N5/c1-12-18-15(13-7-10-20(11-13)16(2,3)4)21(19-12)14-5-8-17-9-6-14/h5-11H,1-4H3. The fraction of sp³-hybridized carbons (Fsp3) is 0.312. The Morgan fingerprint density at radius 2 is 1.76 bits per heavy atom. The summed E-state index contributed by atoms with van der Waals surface area (Å²) in [6, 6.07) is 5.93. The number of hydrogen-bond acceptors (Lipinski definition) is 3. The Labute approximate surface area is 124 Å². The number of hydrogen-bond donors (Lipinski definition) is 0. The smallest absolute Gasteiger partial charge is 0.165 e. The number of pyridine rings is 1. The highest BCUT2D eigenvalue weighted by atomic mass is 15.3. The van der Waals surface area contributed by atoms with Crippen LogP contribution in [0.1, 0.15) is 26.6 Å². The molecule has 0 N–H and O–H groups in total. The van der Waals surface area contributed by atoms with E-state index < -0.39 is 0 Å². The van der Waals surface area contributed by atoms with E-state index in [1.807, 2.05) is 23.7 Å². The highest BCUT2D eigenvalue weighted by molar-refractivity contribution is 5.57. The van der Waals surface area contributed by atoms with Crippen LogP contribution in [-0.4, -0.2) is 24.3 Å². The van der Waals surface area contributed by atoms with E-state index in [2.05, 4.69) is 58.9 Å². The third-order valence-electron chi connectivity index (χ3n) is 3.35. The Bertz CT molecular complexity index is 747. The van der Waals surface area contributed by atoms with Crippen LogP contribution in [0.15, 0.2) is 43.0 Å². The van der Waals surface area contributed by atoms with Gasteiger partial charge in [0.1, 0.15) is 5.82 Å². The highest BCUT2D eigenvalue weighted by Crippen LogP contribution is 2.24. The van der Waals surface area contributed by atoms with E-state index in [1.54, 1.807) is 12.4 Å². The summed E-state index contributed by atoms with van der Waals surface area (Å²) >= 11 is 0. The molecule has 3 aromatic heterocycles. The molecule has 0 saturated carbocycles. The summed E-state index contributed by atoms with van der Waals surface area (Å²) in [6.45, 7) is 8.43. The quantitative estimate of drug-likeness (QED) is 0.724. The van der Waals surface area contributed by atoms with Gasteiger partial charge in [0.15, 0.2) is 5.82 Å². The Morgan fingerprint density at radius 3 is 2.38 bits per heavy atom. The van der Waals surface area contributed by atoms with E-state index in [9.17, 15) is 0 Å². The molecule has 0 aliphatic rings. The van der Waals surface area contributed by atoms with Gasteiger partial charge >= 0.3 is 0 Å². The number of aromatic nitrogens is 5. The maximum Gasteiger partial charge on any atom is 0.165 e. The molecule has 0 aliphatic heterocycles. The van der Waals surface area contributed by atoms with Gasteiger partial charge in [-0.25, -0.2) is 9.67 Å². The van der Waals surface area contributed by atoms with Crippen LogP contribution in [-0.2, 0) is 5.54 Å². The molecule has 21 heavy (non-hydrogen) atoms. The minimum atomic E-state index is 0.0504. The molecule has 108 valence electrons. The fourth-order valence-corrected chi connectivity index (χ4v) is 2.21. The first-order valence-electron chi connectivity index (χ1n) is 6.98. The zero-order valence-corrected chi connectivity index (χ0v) is 12.8. The zero-order valence-electron chi connectivity index (χ0n) is 12.8. The van der Waals surface area contributed by atoms with Crippen molar-refractivity contribution in [2.45, 2.75) is 33.2 Å². The summed E-state index contributed by atoms with van der Waals surface area (Å²) in [5.74, 6) is 1.60. The minimum Gasteiger partial charge on any atom is -0.348 e. The summed E-state index contributed by atoms with van der Waals surface area (Å²) in [7, 11) is 0.